The van der Waals surface area contributed by atoms with Crippen LogP contribution in [0.2, 0.25) is 0 Å². The number of rotatable bonds is 6. The minimum atomic E-state index is -0.269. The molecule has 0 aliphatic rings. The molecule has 0 spiro atoms. The van der Waals surface area contributed by atoms with E-state index in [1.165, 1.54) is 7.11 Å². The Kier molecular flexibility index (Phi) is 5.61. The van der Waals surface area contributed by atoms with E-state index in [0.717, 1.165) is 5.39 Å². The minimum Gasteiger partial charge on any atom is -0.493 e. The number of H-pyrrole nitrogens is 1. The number of pyridine rings is 1. The number of amides is 1. The number of aromatic nitrogens is 1. The molecule has 0 radical (unpaired) electrons. The molecule has 2 N–H and O–H groups in total. The van der Waals surface area contributed by atoms with Crippen molar-refractivity contribution in [1.29, 1.82) is 5.26 Å². The lowest BCUT2D eigenvalue weighted by atomic mass is 10.1. The van der Waals surface area contributed by atoms with Crippen LogP contribution in [0.3, 0.4) is 0 Å². The molecule has 1 aromatic heterocycles. The lowest BCUT2D eigenvalue weighted by Crippen LogP contribution is -2.17. The summed E-state index contributed by atoms with van der Waals surface area (Å²) in [6.07, 6.45) is 0.377. The van der Waals surface area contributed by atoms with Crippen LogP contribution in [0.5, 0.6) is 11.5 Å². The number of carbonyl (C=O) groups is 1. The molecular weight excluding hydrogens is 358 g/mol. The van der Waals surface area contributed by atoms with Crippen LogP contribution in [0.1, 0.15) is 17.5 Å². The summed E-state index contributed by atoms with van der Waals surface area (Å²) in [6, 6.07) is 14.0. The summed E-state index contributed by atoms with van der Waals surface area (Å²) >= 11 is 0. The van der Waals surface area contributed by atoms with Crippen LogP contribution in [0, 0.1) is 11.3 Å². The lowest BCUT2D eigenvalue weighted by molar-refractivity contribution is -0.116. The Hall–Kier alpha value is -3.79. The average molecular weight is 377 g/mol. The fourth-order valence-electron chi connectivity index (χ4n) is 2.91. The quantitative estimate of drug-likeness (QED) is 0.687. The smallest absolute Gasteiger partial charge is 0.251 e. The average Bonchev–Trinajstić information content (AvgIpc) is 2.71. The van der Waals surface area contributed by atoms with Gasteiger partial charge in [-0.15, -0.1) is 0 Å². The molecule has 3 aromatic rings. The maximum Gasteiger partial charge on any atom is 0.251 e. The summed E-state index contributed by atoms with van der Waals surface area (Å²) in [5, 5.41) is 12.6. The summed E-state index contributed by atoms with van der Waals surface area (Å²) in [5.41, 5.74) is 1.70. The maximum absolute atomic E-state index is 12.4. The summed E-state index contributed by atoms with van der Waals surface area (Å²) in [5.74, 6) is 0.808. The molecule has 1 heterocycles. The highest BCUT2D eigenvalue weighted by Gasteiger charge is 2.11. The highest BCUT2D eigenvalue weighted by atomic mass is 16.5. The first-order valence-electron chi connectivity index (χ1n) is 8.62. The molecule has 0 bridgehead atoms. The van der Waals surface area contributed by atoms with Gasteiger partial charge in [-0.1, -0.05) is 12.1 Å². The molecule has 0 fully saturated rings. The van der Waals surface area contributed by atoms with Gasteiger partial charge in [-0.05, 0) is 30.7 Å². The number of anilines is 1. The van der Waals surface area contributed by atoms with Gasteiger partial charge in [0.1, 0.15) is 6.07 Å². The zero-order valence-electron chi connectivity index (χ0n) is 15.5. The van der Waals surface area contributed by atoms with E-state index in [-0.39, 0.29) is 24.3 Å². The van der Waals surface area contributed by atoms with E-state index in [1.807, 2.05) is 6.07 Å². The van der Waals surface area contributed by atoms with E-state index in [1.54, 1.807) is 49.6 Å². The summed E-state index contributed by atoms with van der Waals surface area (Å²) < 4.78 is 10.5. The second kappa shape index (κ2) is 8.27. The lowest BCUT2D eigenvalue weighted by Gasteiger charge is -2.10. The third-order valence-electron chi connectivity index (χ3n) is 4.37. The third-order valence-corrected chi connectivity index (χ3v) is 4.37. The van der Waals surface area contributed by atoms with Gasteiger partial charge in [0.25, 0.3) is 5.56 Å². The molecule has 0 atom stereocenters. The number of ether oxygens (including phenoxy) is 2. The van der Waals surface area contributed by atoms with Crippen LogP contribution < -0.4 is 20.3 Å². The fourth-order valence-corrected chi connectivity index (χ4v) is 2.91. The van der Waals surface area contributed by atoms with Crippen molar-refractivity contribution in [2.45, 2.75) is 12.8 Å². The number of methoxy groups -OCH3 is 2. The molecule has 0 aliphatic carbocycles. The number of para-hydroxylation sites is 1. The van der Waals surface area contributed by atoms with E-state index in [2.05, 4.69) is 10.3 Å². The molecule has 0 unspecified atom stereocenters. The molecule has 3 rings (SSSR count). The van der Waals surface area contributed by atoms with Gasteiger partial charge in [-0.2, -0.15) is 5.26 Å². The number of nitrogens with one attached hydrogen (secondary N) is 2. The zero-order valence-corrected chi connectivity index (χ0v) is 15.5. The van der Waals surface area contributed by atoms with Gasteiger partial charge in [0.15, 0.2) is 11.5 Å². The fraction of sp³-hybridized carbons (Fsp3) is 0.190. The number of nitriles is 1. The second-order valence-electron chi connectivity index (χ2n) is 6.12. The topological polar surface area (TPSA) is 104 Å². The largest absolute Gasteiger partial charge is 0.493 e. The van der Waals surface area contributed by atoms with Crippen LogP contribution in [-0.2, 0) is 11.2 Å². The molecule has 0 saturated carbocycles. The molecule has 1 amide bonds. The molecule has 7 nitrogen and oxygen atoms in total. The molecule has 0 saturated heterocycles. The number of aromatic amines is 1. The Morgan fingerprint density at radius 1 is 1.14 bits per heavy atom. The van der Waals surface area contributed by atoms with Crippen LogP contribution >= 0.6 is 0 Å². The Balaban J connectivity index is 1.78. The first kappa shape index (κ1) is 19.0. The number of hydrogen-bond acceptors (Lipinski definition) is 5. The highest BCUT2D eigenvalue weighted by Crippen LogP contribution is 2.31. The van der Waals surface area contributed by atoms with Gasteiger partial charge in [0.2, 0.25) is 5.91 Å². The number of carbonyl (C=O) groups excluding carboxylic acids is 1. The van der Waals surface area contributed by atoms with Crippen LogP contribution in [0.4, 0.5) is 5.69 Å². The predicted molar refractivity (Wildman–Crippen MR) is 106 cm³/mol. The molecule has 7 heteroatoms. The van der Waals surface area contributed by atoms with Crippen molar-refractivity contribution in [3.8, 4) is 17.6 Å². The van der Waals surface area contributed by atoms with E-state index < -0.39 is 0 Å². The Morgan fingerprint density at radius 3 is 2.57 bits per heavy atom. The Bertz CT molecular complexity index is 1130. The third kappa shape index (κ3) is 3.96. The molecule has 0 aliphatic heterocycles. The monoisotopic (exact) mass is 377 g/mol. The van der Waals surface area contributed by atoms with Gasteiger partial charge in [0.05, 0.1) is 31.0 Å². The second-order valence-corrected chi connectivity index (χ2v) is 6.12. The number of benzene rings is 2. The Labute approximate surface area is 161 Å². The van der Waals surface area contributed by atoms with Crippen LogP contribution in [-0.4, -0.2) is 25.1 Å². The summed E-state index contributed by atoms with van der Waals surface area (Å²) in [6.45, 7) is 0. The van der Waals surface area contributed by atoms with Crippen LogP contribution in [0.15, 0.2) is 47.3 Å². The molecule has 28 heavy (non-hydrogen) atoms. The van der Waals surface area contributed by atoms with E-state index in [4.69, 9.17) is 14.7 Å². The zero-order chi connectivity index (χ0) is 20.1. The van der Waals surface area contributed by atoms with Crippen molar-refractivity contribution in [3.05, 3.63) is 63.9 Å². The number of nitrogens with zero attached hydrogens (tertiary/aromatic N) is 1. The highest BCUT2D eigenvalue weighted by molar-refractivity contribution is 5.92. The van der Waals surface area contributed by atoms with Crippen molar-refractivity contribution < 1.29 is 14.3 Å². The predicted octanol–water partition coefficient (Wildman–Crippen LogP) is 2.99. The van der Waals surface area contributed by atoms with Gasteiger partial charge in [-0.3, -0.25) is 9.59 Å². The van der Waals surface area contributed by atoms with Crippen molar-refractivity contribution in [3.63, 3.8) is 0 Å². The first-order chi connectivity index (χ1) is 13.5. The molecule has 142 valence electrons. The van der Waals surface area contributed by atoms with Gasteiger partial charge in [-0.25, -0.2) is 0 Å². The number of hydrogen-bond donors (Lipinski definition) is 2. The Morgan fingerprint density at radius 2 is 1.86 bits per heavy atom. The van der Waals surface area contributed by atoms with Crippen molar-refractivity contribution in [2.24, 2.45) is 0 Å². The summed E-state index contributed by atoms with van der Waals surface area (Å²) in [4.78, 5) is 27.4. The van der Waals surface area contributed by atoms with Crippen molar-refractivity contribution >= 4 is 22.5 Å². The van der Waals surface area contributed by atoms with E-state index in [0.29, 0.717) is 33.8 Å². The van der Waals surface area contributed by atoms with Crippen LogP contribution in [0.25, 0.3) is 10.9 Å². The van der Waals surface area contributed by atoms with E-state index in [9.17, 15) is 9.59 Å². The maximum atomic E-state index is 12.4. The van der Waals surface area contributed by atoms with Crippen molar-refractivity contribution in [1.82, 2.24) is 4.98 Å². The normalized spacial score (nSPS) is 10.3. The van der Waals surface area contributed by atoms with Gasteiger partial charge >= 0.3 is 0 Å². The number of fused-ring (bicyclic) bond motifs is 1. The minimum absolute atomic E-state index is 0.113. The van der Waals surface area contributed by atoms with Crippen molar-refractivity contribution in [2.75, 3.05) is 19.5 Å². The molecular formula is C21H19N3O4. The van der Waals surface area contributed by atoms with E-state index >= 15 is 0 Å². The molecule has 2 aromatic carbocycles. The number of aryl methyl sites for hydroxylation is 1. The standard InChI is InChI=1S/C21H19N3O4/c1-27-18-10-15-9-13(21(26)24-17(15)11-19(18)28-2)7-8-20(25)23-16-6-4-3-5-14(16)12-22/h3-6,9-11H,7-8H2,1-2H3,(H,23,25)(H,24,26). The SMILES string of the molecule is COc1cc2cc(CCC(=O)Nc3ccccc3C#N)c(=O)[nH]c2cc1OC. The summed E-state index contributed by atoms with van der Waals surface area (Å²) in [7, 11) is 3.07. The van der Waals surface area contributed by atoms with Gasteiger partial charge < -0.3 is 19.8 Å². The van der Waals surface area contributed by atoms with Gasteiger partial charge in [0, 0.05) is 23.4 Å². The first-order valence-corrected chi connectivity index (χ1v) is 8.62.